The van der Waals surface area contributed by atoms with Gasteiger partial charge >= 0.3 is 0 Å². The van der Waals surface area contributed by atoms with Crippen LogP contribution in [0.4, 0.5) is 11.4 Å². The molecule has 1 aromatic heterocycles. The van der Waals surface area contributed by atoms with E-state index in [-0.39, 0.29) is 22.3 Å². The molecule has 2 heterocycles. The molecule has 140 valence electrons. The third kappa shape index (κ3) is 3.85. The highest BCUT2D eigenvalue weighted by molar-refractivity contribution is 7.89. The third-order valence-electron chi connectivity index (χ3n) is 4.47. The molecule has 1 aliphatic heterocycles. The molecule has 26 heavy (non-hydrogen) atoms. The molecule has 3 rings (SSSR count). The van der Waals surface area contributed by atoms with Crippen molar-refractivity contribution in [3.63, 3.8) is 0 Å². The Labute approximate surface area is 155 Å². The molecule has 11 heteroatoms. The molecule has 0 aliphatic carbocycles. The summed E-state index contributed by atoms with van der Waals surface area (Å²) in [5.74, 6) is 0. The van der Waals surface area contributed by atoms with E-state index in [4.69, 9.17) is 5.14 Å². The Hall–Kier alpha value is -2.08. The Morgan fingerprint density at radius 1 is 1.31 bits per heavy atom. The first kappa shape index (κ1) is 18.7. The zero-order valence-electron chi connectivity index (χ0n) is 14.1. The topological polar surface area (TPSA) is 123 Å². The minimum Gasteiger partial charge on any atom is -0.368 e. The van der Waals surface area contributed by atoms with Crippen LogP contribution in [0.1, 0.15) is 18.0 Å². The zero-order valence-corrected chi connectivity index (χ0v) is 15.7. The standard InChI is InChI=1S/C15H19N5O4S2/c1-11(15-17-4-9-25-15)18-5-7-19(8-6-18)13-10-12(20(21)22)2-3-14(13)26(16,23)24/h2-4,9-11H,5-8H2,1H3,(H2,16,23,24). The number of sulfonamides is 1. The van der Waals surface area contributed by atoms with Crippen LogP contribution in [0.3, 0.4) is 0 Å². The number of primary sulfonamides is 1. The maximum Gasteiger partial charge on any atom is 0.271 e. The first-order valence-corrected chi connectivity index (χ1v) is 10.4. The Morgan fingerprint density at radius 3 is 2.54 bits per heavy atom. The van der Waals surface area contributed by atoms with Crippen molar-refractivity contribution in [3.05, 3.63) is 44.9 Å². The molecule has 0 saturated carbocycles. The van der Waals surface area contributed by atoms with Crippen LogP contribution in [-0.2, 0) is 10.0 Å². The average molecular weight is 397 g/mol. The predicted molar refractivity (Wildman–Crippen MR) is 98.8 cm³/mol. The number of benzene rings is 1. The van der Waals surface area contributed by atoms with Gasteiger partial charge in [-0.05, 0) is 13.0 Å². The van der Waals surface area contributed by atoms with Gasteiger partial charge in [-0.15, -0.1) is 11.3 Å². The summed E-state index contributed by atoms with van der Waals surface area (Å²) >= 11 is 1.60. The molecule has 9 nitrogen and oxygen atoms in total. The smallest absolute Gasteiger partial charge is 0.271 e. The summed E-state index contributed by atoms with van der Waals surface area (Å²) in [7, 11) is -3.98. The van der Waals surface area contributed by atoms with Crippen molar-refractivity contribution < 1.29 is 13.3 Å². The molecule has 1 atom stereocenters. The van der Waals surface area contributed by atoms with Gasteiger partial charge in [0, 0.05) is 49.9 Å². The van der Waals surface area contributed by atoms with Crippen LogP contribution < -0.4 is 10.0 Å². The second-order valence-electron chi connectivity index (χ2n) is 6.02. The molecule has 0 radical (unpaired) electrons. The van der Waals surface area contributed by atoms with Crippen molar-refractivity contribution in [1.29, 1.82) is 0 Å². The highest BCUT2D eigenvalue weighted by Crippen LogP contribution is 2.31. The lowest BCUT2D eigenvalue weighted by atomic mass is 10.2. The number of nitrogens with two attached hydrogens (primary N) is 1. The number of nitrogens with zero attached hydrogens (tertiary/aromatic N) is 4. The monoisotopic (exact) mass is 397 g/mol. The zero-order chi connectivity index (χ0) is 18.9. The van der Waals surface area contributed by atoms with E-state index in [2.05, 4.69) is 16.8 Å². The normalized spacial score (nSPS) is 17.2. The van der Waals surface area contributed by atoms with Gasteiger partial charge < -0.3 is 4.90 Å². The van der Waals surface area contributed by atoms with Crippen LogP contribution in [-0.4, -0.2) is 49.4 Å². The number of non-ortho nitro benzene ring substituents is 1. The van der Waals surface area contributed by atoms with Crippen LogP contribution in [0.5, 0.6) is 0 Å². The van der Waals surface area contributed by atoms with Crippen molar-refractivity contribution in [2.24, 2.45) is 5.14 Å². The average Bonchev–Trinajstić information content (AvgIpc) is 3.14. The number of thiazole rings is 1. The van der Waals surface area contributed by atoms with E-state index in [1.165, 1.54) is 12.1 Å². The van der Waals surface area contributed by atoms with Gasteiger partial charge in [0.05, 0.1) is 16.7 Å². The summed E-state index contributed by atoms with van der Waals surface area (Å²) in [6.45, 7) is 4.54. The van der Waals surface area contributed by atoms with Crippen molar-refractivity contribution in [1.82, 2.24) is 9.88 Å². The summed E-state index contributed by atoms with van der Waals surface area (Å²) in [5, 5.41) is 19.3. The fourth-order valence-electron chi connectivity index (χ4n) is 3.05. The molecule has 1 aromatic carbocycles. The van der Waals surface area contributed by atoms with Crippen molar-refractivity contribution in [2.75, 3.05) is 31.1 Å². The second-order valence-corrected chi connectivity index (χ2v) is 8.48. The van der Waals surface area contributed by atoms with Crippen molar-refractivity contribution >= 4 is 32.7 Å². The van der Waals surface area contributed by atoms with E-state index < -0.39 is 14.9 Å². The van der Waals surface area contributed by atoms with E-state index in [0.29, 0.717) is 26.2 Å². The maximum atomic E-state index is 11.9. The van der Waals surface area contributed by atoms with E-state index in [1.807, 2.05) is 10.3 Å². The van der Waals surface area contributed by atoms with Crippen molar-refractivity contribution in [3.8, 4) is 0 Å². The van der Waals surface area contributed by atoms with Crippen LogP contribution >= 0.6 is 11.3 Å². The van der Waals surface area contributed by atoms with Crippen LogP contribution in [0.25, 0.3) is 0 Å². The van der Waals surface area contributed by atoms with E-state index in [1.54, 1.807) is 17.5 Å². The third-order valence-corrected chi connectivity index (χ3v) is 6.38. The van der Waals surface area contributed by atoms with Gasteiger partial charge in [-0.25, -0.2) is 18.5 Å². The Kier molecular flexibility index (Phi) is 5.23. The first-order chi connectivity index (χ1) is 12.3. The lowest BCUT2D eigenvalue weighted by Crippen LogP contribution is -2.47. The largest absolute Gasteiger partial charge is 0.368 e. The molecule has 1 unspecified atom stereocenters. The molecule has 1 saturated heterocycles. The van der Waals surface area contributed by atoms with Crippen LogP contribution in [0.15, 0.2) is 34.7 Å². The summed E-state index contributed by atoms with van der Waals surface area (Å²) in [4.78, 5) is 18.8. The fraction of sp³-hybridized carbons (Fsp3) is 0.400. The summed E-state index contributed by atoms with van der Waals surface area (Å²) < 4.78 is 23.7. The number of hydrogen-bond acceptors (Lipinski definition) is 8. The molecule has 2 N–H and O–H groups in total. The number of aromatic nitrogens is 1. The molecular weight excluding hydrogens is 378 g/mol. The molecule has 0 bridgehead atoms. The predicted octanol–water partition coefficient (Wildman–Crippen LogP) is 1.58. The summed E-state index contributed by atoms with van der Waals surface area (Å²) in [5.41, 5.74) is 0.120. The minimum atomic E-state index is -3.98. The fourth-order valence-corrected chi connectivity index (χ4v) is 4.52. The highest BCUT2D eigenvalue weighted by atomic mass is 32.2. The quantitative estimate of drug-likeness (QED) is 0.600. The van der Waals surface area contributed by atoms with Crippen LogP contribution in [0, 0.1) is 10.1 Å². The SMILES string of the molecule is CC(c1nccs1)N1CCN(c2cc([N+](=O)[O-])ccc2S(N)(=O)=O)CC1. The van der Waals surface area contributed by atoms with Gasteiger partial charge in [0.2, 0.25) is 10.0 Å². The van der Waals surface area contributed by atoms with Gasteiger partial charge in [-0.3, -0.25) is 15.0 Å². The lowest BCUT2D eigenvalue weighted by molar-refractivity contribution is -0.384. The van der Waals surface area contributed by atoms with Gasteiger partial charge in [0.1, 0.15) is 9.90 Å². The summed E-state index contributed by atoms with van der Waals surface area (Å²) in [6, 6.07) is 3.80. The lowest BCUT2D eigenvalue weighted by Gasteiger charge is -2.38. The number of hydrogen-bond donors (Lipinski definition) is 1. The number of rotatable bonds is 5. The van der Waals surface area contributed by atoms with Crippen molar-refractivity contribution in [2.45, 2.75) is 17.9 Å². The molecule has 2 aromatic rings. The Balaban J connectivity index is 1.82. The number of anilines is 1. The van der Waals surface area contributed by atoms with Gasteiger partial charge in [-0.2, -0.15) is 0 Å². The second kappa shape index (κ2) is 7.27. The number of piperazine rings is 1. The van der Waals surface area contributed by atoms with Gasteiger partial charge in [0.25, 0.3) is 5.69 Å². The van der Waals surface area contributed by atoms with E-state index in [9.17, 15) is 18.5 Å². The molecular formula is C15H19N5O4S2. The van der Waals surface area contributed by atoms with Crippen LogP contribution in [0.2, 0.25) is 0 Å². The van der Waals surface area contributed by atoms with Gasteiger partial charge in [-0.1, -0.05) is 0 Å². The molecule has 1 aliphatic rings. The van der Waals surface area contributed by atoms with E-state index >= 15 is 0 Å². The molecule has 0 spiro atoms. The Bertz CT molecular complexity index is 893. The van der Waals surface area contributed by atoms with E-state index in [0.717, 1.165) is 11.1 Å². The minimum absolute atomic E-state index is 0.0930. The first-order valence-electron chi connectivity index (χ1n) is 7.97. The molecule has 0 amide bonds. The number of nitro groups is 1. The molecule has 1 fully saturated rings. The summed E-state index contributed by atoms with van der Waals surface area (Å²) in [6.07, 6.45) is 1.77. The van der Waals surface area contributed by atoms with Gasteiger partial charge in [0.15, 0.2) is 0 Å². The Morgan fingerprint density at radius 2 is 2.00 bits per heavy atom. The number of nitro benzene ring substituents is 1. The highest BCUT2D eigenvalue weighted by Gasteiger charge is 2.27. The maximum absolute atomic E-state index is 11.9.